The van der Waals surface area contributed by atoms with Gasteiger partial charge in [-0.25, -0.2) is 15.0 Å². The maximum atomic E-state index is 13.4. The normalized spacial score (nSPS) is 20.1. The quantitative estimate of drug-likeness (QED) is 0.622. The molecule has 1 aliphatic rings. The van der Waals surface area contributed by atoms with Crippen molar-refractivity contribution >= 4 is 5.91 Å². The Hall–Kier alpha value is -3.06. The van der Waals surface area contributed by atoms with E-state index in [-0.39, 0.29) is 36.5 Å². The second-order valence-electron chi connectivity index (χ2n) is 8.59. The molecule has 0 spiro atoms. The molecular weight excluding hydrogens is 422 g/mol. The second-order valence-corrected chi connectivity index (χ2v) is 8.59. The van der Waals surface area contributed by atoms with Crippen LogP contribution in [0.15, 0.2) is 31.0 Å². The zero-order chi connectivity index (χ0) is 24.0. The van der Waals surface area contributed by atoms with Gasteiger partial charge in [0.25, 0.3) is 5.91 Å². The van der Waals surface area contributed by atoms with E-state index >= 15 is 0 Å². The first-order valence-electron chi connectivity index (χ1n) is 11.0. The predicted octanol–water partition coefficient (Wildman–Crippen LogP) is 0.956. The van der Waals surface area contributed by atoms with Crippen molar-refractivity contribution < 1.29 is 19.7 Å². The average Bonchev–Trinajstić information content (AvgIpc) is 2.80. The Morgan fingerprint density at radius 2 is 2.03 bits per heavy atom. The van der Waals surface area contributed by atoms with Crippen molar-refractivity contribution in [3.8, 4) is 17.7 Å². The molecule has 9 heteroatoms. The van der Waals surface area contributed by atoms with Crippen LogP contribution < -0.4 is 4.74 Å². The van der Waals surface area contributed by atoms with Crippen LogP contribution in [0.4, 0.5) is 0 Å². The number of aromatic nitrogens is 3. The SMILES string of the molecule is C[C@H](O)C#Cc1cnc2c(c1)C(=O)N([C@@H](C)CO)C[C@H](C)[C@@H](CN(C)Cc1cncnc1)O2. The van der Waals surface area contributed by atoms with Gasteiger partial charge in [0.05, 0.1) is 12.6 Å². The number of hydrogen-bond donors (Lipinski definition) is 2. The molecule has 1 amide bonds. The van der Waals surface area contributed by atoms with Crippen LogP contribution >= 0.6 is 0 Å². The van der Waals surface area contributed by atoms with Gasteiger partial charge in [-0.3, -0.25) is 9.69 Å². The van der Waals surface area contributed by atoms with Gasteiger partial charge in [0, 0.05) is 55.3 Å². The number of likely N-dealkylation sites (N-methyl/N-ethyl adjacent to an activating group) is 1. The van der Waals surface area contributed by atoms with Gasteiger partial charge in [-0.05, 0) is 27.0 Å². The van der Waals surface area contributed by atoms with Gasteiger partial charge in [-0.1, -0.05) is 18.8 Å². The highest BCUT2D eigenvalue weighted by Crippen LogP contribution is 2.27. The number of rotatable bonds is 6. The number of amides is 1. The summed E-state index contributed by atoms with van der Waals surface area (Å²) in [5, 5.41) is 19.2. The van der Waals surface area contributed by atoms with Crippen molar-refractivity contribution in [1.29, 1.82) is 0 Å². The van der Waals surface area contributed by atoms with E-state index in [1.165, 1.54) is 12.5 Å². The number of hydrogen-bond acceptors (Lipinski definition) is 8. The predicted molar refractivity (Wildman–Crippen MR) is 122 cm³/mol. The highest BCUT2D eigenvalue weighted by Gasteiger charge is 2.34. The molecule has 2 N–H and O–H groups in total. The number of nitrogens with zero attached hydrogens (tertiary/aromatic N) is 5. The third kappa shape index (κ3) is 6.48. The third-order valence-electron chi connectivity index (χ3n) is 5.50. The third-order valence-corrected chi connectivity index (χ3v) is 5.50. The maximum absolute atomic E-state index is 13.4. The molecule has 0 aliphatic carbocycles. The van der Waals surface area contributed by atoms with Gasteiger partial charge in [0.15, 0.2) is 0 Å². The van der Waals surface area contributed by atoms with Gasteiger partial charge in [0.2, 0.25) is 5.88 Å². The van der Waals surface area contributed by atoms with E-state index in [0.717, 1.165) is 5.56 Å². The number of carbonyl (C=O) groups excluding carboxylic acids is 1. The summed E-state index contributed by atoms with van der Waals surface area (Å²) in [5.41, 5.74) is 1.79. The lowest BCUT2D eigenvalue weighted by Gasteiger charge is -2.37. The van der Waals surface area contributed by atoms with Gasteiger partial charge in [-0.15, -0.1) is 0 Å². The fraction of sp³-hybridized carbons (Fsp3) is 0.500. The first kappa shape index (κ1) is 24.6. The van der Waals surface area contributed by atoms with E-state index in [1.54, 1.807) is 30.3 Å². The first-order chi connectivity index (χ1) is 15.8. The van der Waals surface area contributed by atoms with Crippen LogP contribution in [-0.2, 0) is 6.54 Å². The van der Waals surface area contributed by atoms with Gasteiger partial charge in [-0.2, -0.15) is 0 Å². The molecule has 0 saturated heterocycles. The largest absolute Gasteiger partial charge is 0.472 e. The molecule has 0 aromatic carbocycles. The standard InChI is InChI=1S/C24H31N5O4/c1-16-11-29(17(2)14-30)24(32)21-7-19(6-5-18(3)31)10-27-23(21)33-22(16)13-28(4)12-20-8-25-15-26-9-20/h7-10,15-18,22,30-31H,11-14H2,1-4H3/t16-,17-,18-,22+/m0/s1. The maximum Gasteiger partial charge on any atom is 0.259 e. The van der Waals surface area contributed by atoms with Crippen LogP contribution in [0.1, 0.15) is 42.3 Å². The summed E-state index contributed by atoms with van der Waals surface area (Å²) in [7, 11) is 1.99. The lowest BCUT2D eigenvalue weighted by Crippen LogP contribution is -2.49. The van der Waals surface area contributed by atoms with E-state index in [9.17, 15) is 15.0 Å². The Kier molecular flexibility index (Phi) is 8.33. The number of ether oxygens (including phenoxy) is 1. The fourth-order valence-corrected chi connectivity index (χ4v) is 3.67. The van der Waals surface area contributed by atoms with Gasteiger partial charge < -0.3 is 19.8 Å². The lowest BCUT2D eigenvalue weighted by molar-refractivity contribution is 0.0325. The molecular formula is C24H31N5O4. The van der Waals surface area contributed by atoms with E-state index < -0.39 is 6.10 Å². The number of pyridine rings is 1. The molecule has 3 heterocycles. The Morgan fingerprint density at radius 1 is 1.30 bits per heavy atom. The van der Waals surface area contributed by atoms with Crippen molar-refractivity contribution in [3.05, 3.63) is 47.7 Å². The van der Waals surface area contributed by atoms with Crippen LogP contribution in [0.25, 0.3) is 0 Å². The Morgan fingerprint density at radius 3 is 2.70 bits per heavy atom. The van der Waals surface area contributed by atoms with Crippen molar-refractivity contribution in [2.24, 2.45) is 5.92 Å². The van der Waals surface area contributed by atoms with Crippen LogP contribution in [0, 0.1) is 17.8 Å². The van der Waals surface area contributed by atoms with Gasteiger partial charge in [0.1, 0.15) is 24.1 Å². The topological polar surface area (TPSA) is 112 Å². The minimum atomic E-state index is -0.791. The second kappa shape index (κ2) is 11.2. The van der Waals surface area contributed by atoms with Crippen LogP contribution in [0.3, 0.4) is 0 Å². The molecule has 0 fully saturated rings. The molecule has 0 unspecified atom stereocenters. The summed E-state index contributed by atoms with van der Waals surface area (Å²) in [6, 6.07) is 1.27. The van der Waals surface area contributed by atoms with E-state index in [1.807, 2.05) is 20.9 Å². The summed E-state index contributed by atoms with van der Waals surface area (Å²) >= 11 is 0. The number of aliphatic hydroxyl groups excluding tert-OH is 2. The molecule has 0 bridgehead atoms. The van der Waals surface area contributed by atoms with E-state index in [4.69, 9.17) is 4.74 Å². The van der Waals surface area contributed by atoms with Crippen molar-refractivity contribution in [2.45, 2.75) is 45.6 Å². The first-order valence-corrected chi connectivity index (χ1v) is 11.0. The summed E-state index contributed by atoms with van der Waals surface area (Å²) in [6.07, 6.45) is 5.56. The lowest BCUT2D eigenvalue weighted by atomic mass is 9.99. The van der Waals surface area contributed by atoms with Crippen molar-refractivity contribution in [1.82, 2.24) is 24.8 Å². The summed E-state index contributed by atoms with van der Waals surface area (Å²) in [6.45, 7) is 6.93. The van der Waals surface area contributed by atoms with Crippen LogP contribution in [0.2, 0.25) is 0 Å². The number of carbonyl (C=O) groups is 1. The smallest absolute Gasteiger partial charge is 0.259 e. The highest BCUT2D eigenvalue weighted by atomic mass is 16.5. The molecule has 176 valence electrons. The number of aliphatic hydroxyl groups is 2. The molecule has 2 aromatic rings. The minimum absolute atomic E-state index is 0.0120. The Bertz CT molecular complexity index is 1000. The molecule has 0 saturated carbocycles. The summed E-state index contributed by atoms with van der Waals surface area (Å²) in [4.78, 5) is 29.7. The molecule has 33 heavy (non-hydrogen) atoms. The van der Waals surface area contributed by atoms with Crippen LogP contribution in [0.5, 0.6) is 5.88 Å². The average molecular weight is 454 g/mol. The fourth-order valence-electron chi connectivity index (χ4n) is 3.67. The zero-order valence-corrected chi connectivity index (χ0v) is 19.5. The Labute approximate surface area is 194 Å². The molecule has 1 aliphatic heterocycles. The molecule has 0 radical (unpaired) electrons. The van der Waals surface area contributed by atoms with Crippen LogP contribution in [-0.4, -0.2) is 85.9 Å². The Balaban J connectivity index is 1.91. The summed E-state index contributed by atoms with van der Waals surface area (Å²) < 4.78 is 6.28. The minimum Gasteiger partial charge on any atom is -0.472 e. The van der Waals surface area contributed by atoms with E-state index in [0.29, 0.717) is 30.8 Å². The molecule has 4 atom stereocenters. The molecule has 3 rings (SSSR count). The molecule has 9 nitrogen and oxygen atoms in total. The van der Waals surface area contributed by atoms with E-state index in [2.05, 4.69) is 31.7 Å². The molecule has 2 aromatic heterocycles. The van der Waals surface area contributed by atoms with Crippen molar-refractivity contribution in [3.63, 3.8) is 0 Å². The monoisotopic (exact) mass is 453 g/mol. The number of fused-ring (bicyclic) bond motifs is 1. The summed E-state index contributed by atoms with van der Waals surface area (Å²) in [5.74, 6) is 5.46. The highest BCUT2D eigenvalue weighted by molar-refractivity contribution is 5.97. The zero-order valence-electron chi connectivity index (χ0n) is 19.5. The van der Waals surface area contributed by atoms with Crippen molar-refractivity contribution in [2.75, 3.05) is 26.7 Å². The van der Waals surface area contributed by atoms with Gasteiger partial charge >= 0.3 is 0 Å².